The molecule has 0 aliphatic heterocycles. The van der Waals surface area contributed by atoms with Gasteiger partial charge in [-0.3, -0.25) is 4.79 Å². The number of carbonyl (C=O) groups excluding carboxylic acids is 1. The van der Waals surface area contributed by atoms with Gasteiger partial charge in [-0.25, -0.2) is 4.98 Å². The minimum absolute atomic E-state index is 0.156. The summed E-state index contributed by atoms with van der Waals surface area (Å²) in [5, 5.41) is 2.76. The standard InChI is InChI=1S/C16H19N3O2/c1-11-5-3-7-14(12(11)2)21-16-13(6-4-10-18-16)19-15(20)8-9-17/h3-7,10H,8-9,17H2,1-2H3,(H,19,20). The fraction of sp³-hybridized carbons (Fsp3) is 0.250. The van der Waals surface area contributed by atoms with Crippen LogP contribution in [0.4, 0.5) is 5.69 Å². The first-order valence-corrected chi connectivity index (χ1v) is 6.81. The Kier molecular flexibility index (Phi) is 4.90. The van der Waals surface area contributed by atoms with Crippen LogP contribution >= 0.6 is 0 Å². The summed E-state index contributed by atoms with van der Waals surface area (Å²) in [5.74, 6) is 0.941. The van der Waals surface area contributed by atoms with Gasteiger partial charge < -0.3 is 15.8 Å². The van der Waals surface area contributed by atoms with Crippen LogP contribution in [0.3, 0.4) is 0 Å². The van der Waals surface area contributed by atoms with E-state index >= 15 is 0 Å². The second-order valence-electron chi connectivity index (χ2n) is 4.74. The molecule has 0 spiro atoms. The van der Waals surface area contributed by atoms with E-state index < -0.39 is 0 Å². The van der Waals surface area contributed by atoms with Crippen LogP contribution in [-0.4, -0.2) is 17.4 Å². The number of aryl methyl sites for hydroxylation is 1. The van der Waals surface area contributed by atoms with E-state index in [1.54, 1.807) is 18.3 Å². The molecule has 1 aromatic heterocycles. The van der Waals surface area contributed by atoms with E-state index in [1.807, 2.05) is 32.0 Å². The number of hydrogen-bond acceptors (Lipinski definition) is 4. The number of nitrogens with one attached hydrogen (secondary N) is 1. The summed E-state index contributed by atoms with van der Waals surface area (Å²) in [5.41, 5.74) is 8.09. The zero-order valence-electron chi connectivity index (χ0n) is 12.2. The highest BCUT2D eigenvalue weighted by Gasteiger charge is 2.11. The first kappa shape index (κ1) is 15.0. The van der Waals surface area contributed by atoms with E-state index in [9.17, 15) is 4.79 Å². The Morgan fingerprint density at radius 2 is 2.10 bits per heavy atom. The number of nitrogens with zero attached hydrogens (tertiary/aromatic N) is 1. The normalized spacial score (nSPS) is 10.2. The average Bonchev–Trinajstić information content (AvgIpc) is 2.46. The number of pyridine rings is 1. The van der Waals surface area contributed by atoms with Crippen molar-refractivity contribution in [2.75, 3.05) is 11.9 Å². The molecule has 0 radical (unpaired) electrons. The van der Waals surface area contributed by atoms with Gasteiger partial charge in [-0.2, -0.15) is 0 Å². The maximum atomic E-state index is 11.7. The fourth-order valence-electron chi connectivity index (χ4n) is 1.85. The third-order valence-electron chi connectivity index (χ3n) is 3.18. The van der Waals surface area contributed by atoms with Gasteiger partial charge in [0.15, 0.2) is 0 Å². The van der Waals surface area contributed by atoms with Crippen LogP contribution in [0.1, 0.15) is 17.5 Å². The minimum Gasteiger partial charge on any atom is -0.437 e. The second-order valence-corrected chi connectivity index (χ2v) is 4.74. The molecule has 5 heteroatoms. The summed E-state index contributed by atoms with van der Waals surface area (Å²) in [6.45, 7) is 4.31. The third kappa shape index (κ3) is 3.79. The van der Waals surface area contributed by atoms with Gasteiger partial charge >= 0.3 is 0 Å². The third-order valence-corrected chi connectivity index (χ3v) is 3.18. The molecular weight excluding hydrogens is 266 g/mol. The van der Waals surface area contributed by atoms with Gasteiger partial charge in [-0.15, -0.1) is 0 Å². The van der Waals surface area contributed by atoms with E-state index in [0.717, 1.165) is 16.9 Å². The summed E-state index contributed by atoms with van der Waals surface area (Å²) in [6.07, 6.45) is 1.89. The predicted molar refractivity (Wildman–Crippen MR) is 82.5 cm³/mol. The van der Waals surface area contributed by atoms with Gasteiger partial charge in [0.25, 0.3) is 0 Å². The molecule has 110 valence electrons. The van der Waals surface area contributed by atoms with E-state index in [2.05, 4.69) is 10.3 Å². The monoisotopic (exact) mass is 285 g/mol. The number of benzene rings is 1. The lowest BCUT2D eigenvalue weighted by Crippen LogP contribution is -2.16. The molecule has 0 aliphatic carbocycles. The molecule has 0 saturated carbocycles. The van der Waals surface area contributed by atoms with Crippen molar-refractivity contribution in [2.45, 2.75) is 20.3 Å². The molecule has 0 aliphatic rings. The molecule has 3 N–H and O–H groups in total. The fourth-order valence-corrected chi connectivity index (χ4v) is 1.85. The zero-order chi connectivity index (χ0) is 15.2. The van der Waals surface area contributed by atoms with Crippen molar-refractivity contribution in [2.24, 2.45) is 5.73 Å². The Balaban J connectivity index is 2.24. The molecule has 2 rings (SSSR count). The van der Waals surface area contributed by atoms with E-state index in [0.29, 0.717) is 18.1 Å². The maximum Gasteiger partial charge on any atom is 0.243 e. The smallest absolute Gasteiger partial charge is 0.243 e. The number of carbonyl (C=O) groups is 1. The maximum absolute atomic E-state index is 11.7. The van der Waals surface area contributed by atoms with Crippen molar-refractivity contribution in [3.05, 3.63) is 47.7 Å². The van der Waals surface area contributed by atoms with Gasteiger partial charge in [0, 0.05) is 19.2 Å². The van der Waals surface area contributed by atoms with Crippen LogP contribution in [0.5, 0.6) is 11.6 Å². The summed E-state index contributed by atoms with van der Waals surface area (Å²) in [4.78, 5) is 15.9. The van der Waals surface area contributed by atoms with Crippen molar-refractivity contribution < 1.29 is 9.53 Å². The van der Waals surface area contributed by atoms with Gasteiger partial charge in [-0.05, 0) is 43.2 Å². The predicted octanol–water partition coefficient (Wildman–Crippen LogP) is 2.78. The average molecular weight is 285 g/mol. The first-order valence-electron chi connectivity index (χ1n) is 6.81. The Hall–Kier alpha value is -2.40. The molecule has 2 aromatic rings. The Morgan fingerprint density at radius 1 is 1.29 bits per heavy atom. The van der Waals surface area contributed by atoms with Gasteiger partial charge in [0.1, 0.15) is 11.4 Å². The van der Waals surface area contributed by atoms with E-state index in [4.69, 9.17) is 10.5 Å². The van der Waals surface area contributed by atoms with Crippen LogP contribution in [0.25, 0.3) is 0 Å². The van der Waals surface area contributed by atoms with Crippen LogP contribution in [0.2, 0.25) is 0 Å². The van der Waals surface area contributed by atoms with Gasteiger partial charge in [0.05, 0.1) is 0 Å². The summed E-state index contributed by atoms with van der Waals surface area (Å²) < 4.78 is 5.84. The highest BCUT2D eigenvalue weighted by atomic mass is 16.5. The van der Waals surface area contributed by atoms with Crippen molar-refractivity contribution in [3.8, 4) is 11.6 Å². The molecule has 0 bridgehead atoms. The van der Waals surface area contributed by atoms with Crippen LogP contribution in [0.15, 0.2) is 36.5 Å². The number of amides is 1. The zero-order valence-corrected chi connectivity index (χ0v) is 12.2. The van der Waals surface area contributed by atoms with Crippen molar-refractivity contribution in [3.63, 3.8) is 0 Å². The second kappa shape index (κ2) is 6.85. The lowest BCUT2D eigenvalue weighted by Gasteiger charge is -2.13. The van der Waals surface area contributed by atoms with Crippen molar-refractivity contribution in [1.29, 1.82) is 0 Å². The van der Waals surface area contributed by atoms with Gasteiger partial charge in [-0.1, -0.05) is 12.1 Å². The number of nitrogens with two attached hydrogens (primary N) is 1. The van der Waals surface area contributed by atoms with Crippen molar-refractivity contribution >= 4 is 11.6 Å². The van der Waals surface area contributed by atoms with Crippen LogP contribution in [-0.2, 0) is 4.79 Å². The quantitative estimate of drug-likeness (QED) is 0.885. The minimum atomic E-state index is -0.156. The van der Waals surface area contributed by atoms with Crippen LogP contribution in [0, 0.1) is 13.8 Å². The lowest BCUT2D eigenvalue weighted by atomic mass is 10.1. The first-order chi connectivity index (χ1) is 10.1. The molecule has 1 aromatic carbocycles. The molecule has 0 unspecified atom stereocenters. The van der Waals surface area contributed by atoms with E-state index in [-0.39, 0.29) is 12.3 Å². The number of rotatable bonds is 5. The highest BCUT2D eigenvalue weighted by Crippen LogP contribution is 2.30. The number of aromatic nitrogens is 1. The van der Waals surface area contributed by atoms with Crippen molar-refractivity contribution in [1.82, 2.24) is 4.98 Å². The molecule has 1 amide bonds. The Morgan fingerprint density at radius 3 is 2.86 bits per heavy atom. The molecule has 5 nitrogen and oxygen atoms in total. The largest absolute Gasteiger partial charge is 0.437 e. The molecule has 0 saturated heterocycles. The Bertz CT molecular complexity index is 641. The highest BCUT2D eigenvalue weighted by molar-refractivity contribution is 5.92. The molecular formula is C16H19N3O2. The van der Waals surface area contributed by atoms with Crippen LogP contribution < -0.4 is 15.8 Å². The SMILES string of the molecule is Cc1cccc(Oc2ncccc2NC(=O)CCN)c1C. The molecule has 0 fully saturated rings. The topological polar surface area (TPSA) is 77.2 Å². The number of ether oxygens (including phenoxy) is 1. The van der Waals surface area contributed by atoms with Gasteiger partial charge in [0.2, 0.25) is 11.8 Å². The summed E-state index contributed by atoms with van der Waals surface area (Å²) in [6, 6.07) is 9.32. The molecule has 0 atom stereocenters. The molecule has 21 heavy (non-hydrogen) atoms. The van der Waals surface area contributed by atoms with E-state index in [1.165, 1.54) is 0 Å². The summed E-state index contributed by atoms with van der Waals surface area (Å²) >= 11 is 0. The number of hydrogen-bond donors (Lipinski definition) is 2. The lowest BCUT2D eigenvalue weighted by molar-refractivity contribution is -0.116. The Labute approximate surface area is 124 Å². The molecule has 1 heterocycles. The number of anilines is 1. The summed E-state index contributed by atoms with van der Waals surface area (Å²) in [7, 11) is 0.